The van der Waals surface area contributed by atoms with E-state index in [1.165, 1.54) is 0 Å². The van der Waals surface area contributed by atoms with Gasteiger partial charge < -0.3 is 4.42 Å². The highest BCUT2D eigenvalue weighted by Crippen LogP contribution is 2.21. The van der Waals surface area contributed by atoms with Crippen molar-refractivity contribution in [3.05, 3.63) is 28.6 Å². The summed E-state index contributed by atoms with van der Waals surface area (Å²) in [5, 5.41) is 0. The molecule has 0 radical (unpaired) electrons. The minimum absolute atomic E-state index is 0.202. The molecule has 0 unspecified atom stereocenters. The van der Waals surface area contributed by atoms with Gasteiger partial charge in [-0.05, 0) is 23.2 Å². The van der Waals surface area contributed by atoms with Gasteiger partial charge >= 0.3 is 0 Å². The number of halogens is 3. The van der Waals surface area contributed by atoms with E-state index in [0.29, 0.717) is 23.3 Å². The first-order valence-corrected chi connectivity index (χ1v) is 5.44. The second-order valence-corrected chi connectivity index (χ2v) is 3.68. The van der Waals surface area contributed by atoms with Gasteiger partial charge in [0.25, 0.3) is 5.76 Å². The molecule has 72 valence electrons. The molecule has 0 aromatic carbocycles. The number of alkyl halides is 2. The molecule has 1 nitrogen and oxygen atoms in total. The van der Waals surface area contributed by atoms with Gasteiger partial charge in [-0.25, -0.2) is 0 Å². The van der Waals surface area contributed by atoms with E-state index in [4.69, 9.17) is 4.42 Å². The third-order valence-electron chi connectivity index (χ3n) is 1.26. The second kappa shape index (κ2) is 5.44. The Morgan fingerprint density at radius 3 is 2.92 bits per heavy atom. The highest BCUT2D eigenvalue weighted by atomic mass is 79.9. The summed E-state index contributed by atoms with van der Waals surface area (Å²) in [4.78, 5) is 1.65. The van der Waals surface area contributed by atoms with Crippen LogP contribution in [0.4, 0.5) is 8.78 Å². The van der Waals surface area contributed by atoms with Crippen LogP contribution in [0.1, 0.15) is 11.5 Å². The Hall–Kier alpha value is -0.290. The third-order valence-corrected chi connectivity index (χ3v) is 2.23. The molecule has 1 aromatic rings. The third kappa shape index (κ3) is 3.95. The molecule has 0 atom stereocenters. The SMILES string of the molecule is FC(F)SCc1ccc(/C=C/Br)o1. The summed E-state index contributed by atoms with van der Waals surface area (Å²) in [6.45, 7) is 0. The molecule has 0 amide bonds. The average molecular weight is 269 g/mol. The van der Waals surface area contributed by atoms with E-state index in [0.717, 1.165) is 0 Å². The predicted octanol–water partition coefficient (Wildman–Crippen LogP) is 4.10. The van der Waals surface area contributed by atoms with E-state index in [1.807, 2.05) is 0 Å². The Kier molecular flexibility index (Phi) is 4.52. The molecule has 0 aliphatic heterocycles. The number of thioether (sulfide) groups is 1. The Morgan fingerprint density at radius 1 is 1.54 bits per heavy atom. The number of rotatable bonds is 4. The largest absolute Gasteiger partial charge is 0.461 e. The minimum atomic E-state index is -2.35. The van der Waals surface area contributed by atoms with Gasteiger partial charge in [-0.3, -0.25) is 0 Å². The van der Waals surface area contributed by atoms with Crippen molar-refractivity contribution in [2.75, 3.05) is 0 Å². The number of hydrogen-bond acceptors (Lipinski definition) is 2. The van der Waals surface area contributed by atoms with Gasteiger partial charge in [0.1, 0.15) is 11.5 Å². The predicted molar refractivity (Wildman–Crippen MR) is 54.0 cm³/mol. The first-order valence-electron chi connectivity index (χ1n) is 3.47. The lowest BCUT2D eigenvalue weighted by atomic mass is 10.4. The van der Waals surface area contributed by atoms with Gasteiger partial charge in [-0.1, -0.05) is 27.7 Å². The van der Waals surface area contributed by atoms with Gasteiger partial charge in [0.2, 0.25) is 0 Å². The van der Waals surface area contributed by atoms with Crippen LogP contribution in [-0.2, 0) is 5.75 Å². The smallest absolute Gasteiger partial charge is 0.284 e. The Bertz CT molecular complexity index is 285. The van der Waals surface area contributed by atoms with Crippen LogP contribution in [0.5, 0.6) is 0 Å². The molecule has 0 fully saturated rings. The highest BCUT2D eigenvalue weighted by molar-refractivity contribution is 9.11. The van der Waals surface area contributed by atoms with Crippen molar-refractivity contribution in [1.82, 2.24) is 0 Å². The van der Waals surface area contributed by atoms with Crippen LogP contribution in [-0.4, -0.2) is 5.76 Å². The molecule has 0 bridgehead atoms. The maximum Gasteiger partial charge on any atom is 0.284 e. The molecule has 0 aliphatic carbocycles. The van der Waals surface area contributed by atoms with Crippen molar-refractivity contribution in [3.8, 4) is 0 Å². The average Bonchev–Trinajstić information content (AvgIpc) is 2.50. The lowest BCUT2D eigenvalue weighted by molar-refractivity contribution is 0.251. The molecule has 5 heteroatoms. The second-order valence-electron chi connectivity index (χ2n) is 2.17. The summed E-state index contributed by atoms with van der Waals surface area (Å²) in [6.07, 6.45) is 1.70. The zero-order valence-electron chi connectivity index (χ0n) is 6.54. The van der Waals surface area contributed by atoms with Gasteiger partial charge in [-0.15, -0.1) is 0 Å². The van der Waals surface area contributed by atoms with Crippen LogP contribution < -0.4 is 0 Å². The van der Waals surface area contributed by atoms with E-state index in [9.17, 15) is 8.78 Å². The van der Waals surface area contributed by atoms with Gasteiger partial charge in [0.15, 0.2) is 0 Å². The number of hydrogen-bond donors (Lipinski definition) is 0. The fourth-order valence-electron chi connectivity index (χ4n) is 0.769. The quantitative estimate of drug-likeness (QED) is 0.816. The van der Waals surface area contributed by atoms with Crippen LogP contribution in [0.2, 0.25) is 0 Å². The highest BCUT2D eigenvalue weighted by Gasteiger charge is 2.05. The summed E-state index contributed by atoms with van der Waals surface area (Å²) >= 11 is 3.64. The van der Waals surface area contributed by atoms with E-state index >= 15 is 0 Å². The van der Waals surface area contributed by atoms with E-state index in [1.54, 1.807) is 23.2 Å². The van der Waals surface area contributed by atoms with Crippen molar-refractivity contribution in [2.24, 2.45) is 0 Å². The Morgan fingerprint density at radius 2 is 2.31 bits per heavy atom. The van der Waals surface area contributed by atoms with E-state index in [-0.39, 0.29) is 5.75 Å². The zero-order valence-corrected chi connectivity index (χ0v) is 8.95. The molecule has 0 spiro atoms. The molecule has 0 saturated heterocycles. The lowest BCUT2D eigenvalue weighted by Crippen LogP contribution is -1.82. The van der Waals surface area contributed by atoms with Gasteiger partial charge in [-0.2, -0.15) is 8.78 Å². The number of furan rings is 1. The monoisotopic (exact) mass is 268 g/mol. The van der Waals surface area contributed by atoms with Crippen LogP contribution in [0.3, 0.4) is 0 Å². The molecule has 1 aromatic heterocycles. The van der Waals surface area contributed by atoms with Crippen molar-refractivity contribution in [3.63, 3.8) is 0 Å². The Balaban J connectivity index is 2.49. The van der Waals surface area contributed by atoms with Crippen LogP contribution in [0.15, 0.2) is 21.5 Å². The molecule has 0 N–H and O–H groups in total. The molecule has 0 aliphatic rings. The summed E-state index contributed by atoms with van der Waals surface area (Å²) < 4.78 is 28.8. The maximum absolute atomic E-state index is 11.8. The topological polar surface area (TPSA) is 13.1 Å². The molecule has 1 rings (SSSR count). The van der Waals surface area contributed by atoms with E-state index in [2.05, 4.69) is 15.9 Å². The van der Waals surface area contributed by atoms with Crippen molar-refractivity contribution in [2.45, 2.75) is 11.5 Å². The summed E-state index contributed by atoms with van der Waals surface area (Å²) in [5.41, 5.74) is 0. The zero-order chi connectivity index (χ0) is 9.68. The van der Waals surface area contributed by atoms with Crippen LogP contribution in [0.25, 0.3) is 6.08 Å². The summed E-state index contributed by atoms with van der Waals surface area (Å²) in [7, 11) is 0. The molecule has 13 heavy (non-hydrogen) atoms. The minimum Gasteiger partial charge on any atom is -0.461 e. The standard InChI is InChI=1S/C8H7BrF2OS/c9-4-3-6-1-2-7(12-6)5-13-8(10)11/h1-4,8H,5H2/b4-3+. The normalized spacial score (nSPS) is 11.7. The lowest BCUT2D eigenvalue weighted by Gasteiger charge is -1.95. The molecular formula is C8H7BrF2OS. The molecule has 1 heterocycles. The van der Waals surface area contributed by atoms with Crippen molar-refractivity contribution >= 4 is 33.8 Å². The summed E-state index contributed by atoms with van der Waals surface area (Å²) in [6, 6.07) is 3.43. The van der Waals surface area contributed by atoms with Gasteiger partial charge in [0, 0.05) is 0 Å². The fraction of sp³-hybridized carbons (Fsp3) is 0.250. The van der Waals surface area contributed by atoms with Crippen molar-refractivity contribution in [1.29, 1.82) is 0 Å². The fourth-order valence-corrected chi connectivity index (χ4v) is 1.47. The van der Waals surface area contributed by atoms with Crippen LogP contribution in [0, 0.1) is 0 Å². The van der Waals surface area contributed by atoms with E-state index < -0.39 is 5.76 Å². The molecule has 0 saturated carbocycles. The summed E-state index contributed by atoms with van der Waals surface area (Å²) in [5.74, 6) is -0.929. The maximum atomic E-state index is 11.8. The van der Waals surface area contributed by atoms with Crippen LogP contribution >= 0.6 is 27.7 Å². The Labute approximate surface area is 87.3 Å². The van der Waals surface area contributed by atoms with Crippen molar-refractivity contribution < 1.29 is 13.2 Å². The first-order chi connectivity index (χ1) is 6.22. The molecular weight excluding hydrogens is 262 g/mol. The van der Waals surface area contributed by atoms with Gasteiger partial charge in [0.05, 0.1) is 5.75 Å². The first kappa shape index (κ1) is 10.8.